The zero-order valence-corrected chi connectivity index (χ0v) is 13.5. The van der Waals surface area contributed by atoms with Gasteiger partial charge in [0.1, 0.15) is 0 Å². The number of hydrogen-bond acceptors (Lipinski definition) is 3. The standard InChI is InChI=1S/C17H30N2O/c1-5-6-15(4)12-20-13-17-8-7-16(11-19-17)10-18-9-14(2)3/h7-8,11,14-15,18H,5-6,9-10,12-13H2,1-4H3. The lowest BCUT2D eigenvalue weighted by atomic mass is 10.1. The molecule has 0 aliphatic rings. The predicted molar refractivity (Wildman–Crippen MR) is 84.5 cm³/mol. The van der Waals surface area contributed by atoms with Gasteiger partial charge in [-0.2, -0.15) is 0 Å². The van der Waals surface area contributed by atoms with E-state index in [0.717, 1.165) is 25.4 Å². The molecule has 0 saturated carbocycles. The van der Waals surface area contributed by atoms with Crippen LogP contribution < -0.4 is 5.32 Å². The van der Waals surface area contributed by atoms with E-state index in [1.54, 1.807) is 0 Å². The molecule has 0 spiro atoms. The average Bonchev–Trinajstić information content (AvgIpc) is 2.40. The summed E-state index contributed by atoms with van der Waals surface area (Å²) in [4.78, 5) is 4.45. The fourth-order valence-corrected chi connectivity index (χ4v) is 2.09. The first-order valence-corrected chi connectivity index (χ1v) is 7.84. The van der Waals surface area contributed by atoms with Gasteiger partial charge in [0.2, 0.25) is 0 Å². The van der Waals surface area contributed by atoms with Gasteiger partial charge in [-0.25, -0.2) is 0 Å². The lowest BCUT2D eigenvalue weighted by Crippen LogP contribution is -2.19. The van der Waals surface area contributed by atoms with Crippen LogP contribution in [0.4, 0.5) is 0 Å². The van der Waals surface area contributed by atoms with Crippen molar-refractivity contribution in [1.29, 1.82) is 0 Å². The third kappa shape index (κ3) is 7.61. The molecule has 3 heteroatoms. The Balaban J connectivity index is 2.24. The maximum atomic E-state index is 5.71. The van der Waals surface area contributed by atoms with Crippen molar-refractivity contribution in [3.8, 4) is 0 Å². The number of pyridine rings is 1. The second kappa shape index (κ2) is 9.89. The van der Waals surface area contributed by atoms with E-state index in [1.807, 2.05) is 6.20 Å². The smallest absolute Gasteiger partial charge is 0.0887 e. The molecular formula is C17H30N2O. The molecule has 0 amide bonds. The molecule has 0 aliphatic heterocycles. The summed E-state index contributed by atoms with van der Waals surface area (Å²) in [6.07, 6.45) is 4.40. The Labute approximate surface area is 124 Å². The van der Waals surface area contributed by atoms with E-state index in [0.29, 0.717) is 18.4 Å². The van der Waals surface area contributed by atoms with Gasteiger partial charge in [0, 0.05) is 19.3 Å². The van der Waals surface area contributed by atoms with E-state index in [9.17, 15) is 0 Å². The highest BCUT2D eigenvalue weighted by atomic mass is 16.5. The van der Waals surface area contributed by atoms with Gasteiger partial charge in [-0.15, -0.1) is 0 Å². The maximum Gasteiger partial charge on any atom is 0.0887 e. The summed E-state index contributed by atoms with van der Waals surface area (Å²) in [7, 11) is 0. The lowest BCUT2D eigenvalue weighted by molar-refractivity contribution is 0.0872. The van der Waals surface area contributed by atoms with Crippen LogP contribution in [0.3, 0.4) is 0 Å². The first-order chi connectivity index (χ1) is 9.61. The van der Waals surface area contributed by atoms with Crippen LogP contribution in [0.15, 0.2) is 18.3 Å². The minimum atomic E-state index is 0.619. The number of aromatic nitrogens is 1. The number of ether oxygens (including phenoxy) is 1. The normalized spacial score (nSPS) is 12.8. The Morgan fingerprint density at radius 1 is 1.25 bits per heavy atom. The van der Waals surface area contributed by atoms with Crippen molar-refractivity contribution < 1.29 is 4.74 Å². The van der Waals surface area contributed by atoms with Gasteiger partial charge in [0.15, 0.2) is 0 Å². The lowest BCUT2D eigenvalue weighted by Gasteiger charge is -2.11. The van der Waals surface area contributed by atoms with Crippen LogP contribution in [0.5, 0.6) is 0 Å². The minimum Gasteiger partial charge on any atom is -0.375 e. The molecule has 1 atom stereocenters. The molecule has 20 heavy (non-hydrogen) atoms. The highest BCUT2D eigenvalue weighted by Crippen LogP contribution is 2.07. The topological polar surface area (TPSA) is 34.1 Å². The zero-order valence-electron chi connectivity index (χ0n) is 13.5. The highest BCUT2D eigenvalue weighted by Gasteiger charge is 2.02. The second-order valence-electron chi connectivity index (χ2n) is 6.09. The van der Waals surface area contributed by atoms with Crippen LogP contribution in [0.1, 0.15) is 51.8 Å². The van der Waals surface area contributed by atoms with Gasteiger partial charge < -0.3 is 10.1 Å². The summed E-state index contributed by atoms with van der Waals surface area (Å²) in [6, 6.07) is 4.20. The van der Waals surface area contributed by atoms with Gasteiger partial charge in [-0.1, -0.05) is 40.2 Å². The number of nitrogens with one attached hydrogen (secondary N) is 1. The van der Waals surface area contributed by atoms with Gasteiger partial charge in [-0.05, 0) is 36.4 Å². The fourth-order valence-electron chi connectivity index (χ4n) is 2.09. The van der Waals surface area contributed by atoms with E-state index in [-0.39, 0.29) is 0 Å². The molecule has 1 aromatic rings. The summed E-state index contributed by atoms with van der Waals surface area (Å²) in [6.45, 7) is 12.3. The predicted octanol–water partition coefficient (Wildman–Crippen LogP) is 3.78. The maximum absolute atomic E-state index is 5.71. The van der Waals surface area contributed by atoms with Crippen LogP contribution in [0.2, 0.25) is 0 Å². The Bertz CT molecular complexity index is 349. The van der Waals surface area contributed by atoms with E-state index in [4.69, 9.17) is 4.74 Å². The summed E-state index contributed by atoms with van der Waals surface area (Å²) >= 11 is 0. The molecule has 3 nitrogen and oxygen atoms in total. The largest absolute Gasteiger partial charge is 0.375 e. The van der Waals surface area contributed by atoms with Crippen molar-refractivity contribution in [3.05, 3.63) is 29.6 Å². The summed E-state index contributed by atoms with van der Waals surface area (Å²) in [5.74, 6) is 1.32. The molecule has 0 fully saturated rings. The Kier molecular flexibility index (Phi) is 8.47. The molecule has 0 radical (unpaired) electrons. The molecule has 0 aromatic carbocycles. The first-order valence-electron chi connectivity index (χ1n) is 7.84. The third-order valence-electron chi connectivity index (χ3n) is 3.20. The quantitative estimate of drug-likeness (QED) is 0.707. The van der Waals surface area contributed by atoms with Crippen molar-refractivity contribution >= 4 is 0 Å². The van der Waals surface area contributed by atoms with Crippen molar-refractivity contribution in [1.82, 2.24) is 10.3 Å². The number of rotatable bonds is 10. The molecule has 1 heterocycles. The first kappa shape index (κ1) is 17.1. The monoisotopic (exact) mass is 278 g/mol. The van der Waals surface area contributed by atoms with Gasteiger partial charge in [0.25, 0.3) is 0 Å². The molecule has 1 unspecified atom stereocenters. The molecule has 1 aromatic heterocycles. The molecule has 0 saturated heterocycles. The second-order valence-corrected chi connectivity index (χ2v) is 6.09. The van der Waals surface area contributed by atoms with Crippen LogP contribution >= 0.6 is 0 Å². The number of nitrogens with zero attached hydrogens (tertiary/aromatic N) is 1. The summed E-state index contributed by atoms with van der Waals surface area (Å²) in [5.41, 5.74) is 2.25. The van der Waals surface area contributed by atoms with Crippen molar-refractivity contribution in [2.24, 2.45) is 11.8 Å². The minimum absolute atomic E-state index is 0.619. The molecule has 0 bridgehead atoms. The summed E-state index contributed by atoms with van der Waals surface area (Å²) in [5, 5.41) is 3.42. The van der Waals surface area contributed by atoms with Gasteiger partial charge in [0.05, 0.1) is 12.3 Å². The Hall–Kier alpha value is -0.930. The summed E-state index contributed by atoms with van der Waals surface area (Å²) < 4.78 is 5.71. The Morgan fingerprint density at radius 3 is 2.65 bits per heavy atom. The van der Waals surface area contributed by atoms with E-state index >= 15 is 0 Å². The van der Waals surface area contributed by atoms with E-state index in [1.165, 1.54) is 18.4 Å². The number of hydrogen-bond donors (Lipinski definition) is 1. The molecular weight excluding hydrogens is 248 g/mol. The zero-order chi connectivity index (χ0) is 14.8. The fraction of sp³-hybridized carbons (Fsp3) is 0.706. The van der Waals surface area contributed by atoms with Crippen molar-refractivity contribution in [2.45, 2.75) is 53.7 Å². The van der Waals surface area contributed by atoms with Crippen LogP contribution in [0.25, 0.3) is 0 Å². The van der Waals surface area contributed by atoms with E-state index < -0.39 is 0 Å². The van der Waals surface area contributed by atoms with Crippen LogP contribution in [-0.2, 0) is 17.9 Å². The molecule has 114 valence electrons. The Morgan fingerprint density at radius 2 is 2.05 bits per heavy atom. The SMILES string of the molecule is CCCC(C)COCc1ccc(CNCC(C)C)cn1. The van der Waals surface area contributed by atoms with Crippen molar-refractivity contribution in [2.75, 3.05) is 13.2 Å². The average molecular weight is 278 g/mol. The van der Waals surface area contributed by atoms with E-state index in [2.05, 4.69) is 50.1 Å². The molecule has 1 N–H and O–H groups in total. The molecule has 0 aliphatic carbocycles. The van der Waals surface area contributed by atoms with Crippen LogP contribution in [-0.4, -0.2) is 18.1 Å². The van der Waals surface area contributed by atoms with Crippen LogP contribution in [0, 0.1) is 11.8 Å². The van der Waals surface area contributed by atoms with Crippen molar-refractivity contribution in [3.63, 3.8) is 0 Å². The molecule has 1 rings (SSSR count). The third-order valence-corrected chi connectivity index (χ3v) is 3.20. The van der Waals surface area contributed by atoms with Gasteiger partial charge >= 0.3 is 0 Å². The highest BCUT2D eigenvalue weighted by molar-refractivity contribution is 5.13. The van der Waals surface area contributed by atoms with Gasteiger partial charge in [-0.3, -0.25) is 4.98 Å².